The van der Waals surface area contributed by atoms with Crippen molar-refractivity contribution in [2.45, 2.75) is 40.2 Å². The van der Waals surface area contributed by atoms with E-state index in [2.05, 4.69) is 5.32 Å². The molecule has 3 rings (SSSR count). The minimum atomic E-state index is -0.704. The third-order valence-electron chi connectivity index (χ3n) is 4.47. The van der Waals surface area contributed by atoms with E-state index in [0.717, 1.165) is 34.2 Å². The Bertz CT molecular complexity index is 1050. The molecule has 1 amide bonds. The van der Waals surface area contributed by atoms with Crippen molar-refractivity contribution >= 4 is 22.6 Å². The monoisotopic (exact) mass is 365 g/mol. The van der Waals surface area contributed by atoms with Crippen molar-refractivity contribution in [3.63, 3.8) is 0 Å². The number of carbonyl (C=O) groups excluding carboxylic acids is 1. The van der Waals surface area contributed by atoms with Crippen molar-refractivity contribution in [3.8, 4) is 5.75 Å². The summed E-state index contributed by atoms with van der Waals surface area (Å²) in [5.74, 6) is 0.305. The number of hydrogen-bond donors (Lipinski definition) is 1. The van der Waals surface area contributed by atoms with Crippen molar-refractivity contribution in [3.05, 3.63) is 69.6 Å². The minimum Gasteiger partial charge on any atom is -0.480 e. The smallest absolute Gasteiger partial charge is 0.336 e. The van der Waals surface area contributed by atoms with E-state index < -0.39 is 11.7 Å². The molecule has 0 aliphatic rings. The molecule has 5 nitrogen and oxygen atoms in total. The molecule has 0 aliphatic heterocycles. The normalized spacial score (nSPS) is 12.0. The molecule has 1 aromatic heterocycles. The lowest BCUT2D eigenvalue weighted by molar-refractivity contribution is -0.122. The van der Waals surface area contributed by atoms with Crippen LogP contribution in [-0.4, -0.2) is 12.0 Å². The summed E-state index contributed by atoms with van der Waals surface area (Å²) in [6, 6.07) is 12.7. The van der Waals surface area contributed by atoms with Gasteiger partial charge in [-0.1, -0.05) is 19.1 Å². The van der Waals surface area contributed by atoms with Gasteiger partial charge in [-0.2, -0.15) is 0 Å². The molecule has 2 aromatic carbocycles. The van der Waals surface area contributed by atoms with Crippen LogP contribution < -0.4 is 15.7 Å². The van der Waals surface area contributed by atoms with Gasteiger partial charge in [-0.3, -0.25) is 4.79 Å². The SMILES string of the molecule is CCc1cc2c(C)cc(=O)oc2cc1OC(C)C(=O)Nc1cccc(C)c1. The van der Waals surface area contributed by atoms with Crippen LogP contribution in [0.1, 0.15) is 30.5 Å². The number of hydrogen-bond acceptors (Lipinski definition) is 4. The molecular weight excluding hydrogens is 342 g/mol. The first-order chi connectivity index (χ1) is 12.9. The van der Waals surface area contributed by atoms with Crippen LogP contribution in [0.3, 0.4) is 0 Å². The molecule has 1 heterocycles. The van der Waals surface area contributed by atoms with Crippen LogP contribution in [0.5, 0.6) is 5.75 Å². The van der Waals surface area contributed by atoms with E-state index in [9.17, 15) is 9.59 Å². The Morgan fingerprint density at radius 1 is 1.19 bits per heavy atom. The Kier molecular flexibility index (Phi) is 5.31. The molecule has 0 saturated heterocycles. The topological polar surface area (TPSA) is 68.5 Å². The predicted molar refractivity (Wildman–Crippen MR) is 106 cm³/mol. The Hall–Kier alpha value is -3.08. The second-order valence-electron chi connectivity index (χ2n) is 6.68. The van der Waals surface area contributed by atoms with Gasteiger partial charge in [0.1, 0.15) is 11.3 Å². The van der Waals surface area contributed by atoms with Gasteiger partial charge in [0.05, 0.1) is 0 Å². The summed E-state index contributed by atoms with van der Waals surface area (Å²) < 4.78 is 11.2. The number of amides is 1. The van der Waals surface area contributed by atoms with Crippen molar-refractivity contribution in [1.82, 2.24) is 0 Å². The van der Waals surface area contributed by atoms with Crippen molar-refractivity contribution in [2.75, 3.05) is 5.32 Å². The van der Waals surface area contributed by atoms with Crippen LogP contribution in [-0.2, 0) is 11.2 Å². The van der Waals surface area contributed by atoms with Crippen LogP contribution in [0.25, 0.3) is 11.0 Å². The molecule has 0 bridgehead atoms. The van der Waals surface area contributed by atoms with Gasteiger partial charge < -0.3 is 14.5 Å². The molecule has 0 aliphatic carbocycles. The summed E-state index contributed by atoms with van der Waals surface area (Å²) in [4.78, 5) is 24.1. The van der Waals surface area contributed by atoms with Gasteiger partial charge in [0.25, 0.3) is 5.91 Å². The molecular formula is C22H23NO4. The molecule has 5 heteroatoms. The summed E-state index contributed by atoms with van der Waals surface area (Å²) in [6.45, 7) is 7.55. The average Bonchev–Trinajstić information content (AvgIpc) is 2.61. The maximum Gasteiger partial charge on any atom is 0.336 e. The number of rotatable bonds is 5. The molecule has 27 heavy (non-hydrogen) atoms. The highest BCUT2D eigenvalue weighted by Crippen LogP contribution is 2.28. The fraction of sp³-hybridized carbons (Fsp3) is 0.273. The van der Waals surface area contributed by atoms with Crippen LogP contribution in [0, 0.1) is 13.8 Å². The zero-order valence-corrected chi connectivity index (χ0v) is 16.0. The molecule has 1 unspecified atom stereocenters. The summed E-state index contributed by atoms with van der Waals surface area (Å²) in [5, 5.41) is 3.73. The Labute approximate surface area is 158 Å². The van der Waals surface area contributed by atoms with E-state index in [1.807, 2.05) is 51.1 Å². The van der Waals surface area contributed by atoms with E-state index in [1.165, 1.54) is 6.07 Å². The zero-order chi connectivity index (χ0) is 19.6. The molecule has 140 valence electrons. The average molecular weight is 365 g/mol. The van der Waals surface area contributed by atoms with Crippen LogP contribution in [0.2, 0.25) is 0 Å². The highest BCUT2D eigenvalue weighted by Gasteiger charge is 2.18. The van der Waals surface area contributed by atoms with Gasteiger partial charge >= 0.3 is 5.63 Å². The first-order valence-corrected chi connectivity index (χ1v) is 8.99. The van der Waals surface area contributed by atoms with Gasteiger partial charge in [-0.25, -0.2) is 4.79 Å². The van der Waals surface area contributed by atoms with E-state index in [1.54, 1.807) is 13.0 Å². The summed E-state index contributed by atoms with van der Waals surface area (Å²) in [7, 11) is 0. The minimum absolute atomic E-state index is 0.242. The van der Waals surface area contributed by atoms with Crippen molar-refractivity contribution in [2.24, 2.45) is 0 Å². The lowest BCUT2D eigenvalue weighted by atomic mass is 10.1. The van der Waals surface area contributed by atoms with E-state index in [0.29, 0.717) is 11.3 Å². The molecule has 0 saturated carbocycles. The van der Waals surface area contributed by atoms with Crippen LogP contribution >= 0.6 is 0 Å². The second kappa shape index (κ2) is 7.66. The molecule has 0 fully saturated rings. The summed E-state index contributed by atoms with van der Waals surface area (Å²) in [6.07, 6.45) is 0.0283. The third-order valence-corrected chi connectivity index (χ3v) is 4.47. The van der Waals surface area contributed by atoms with Gasteiger partial charge in [-0.05, 0) is 62.1 Å². The maximum absolute atomic E-state index is 12.5. The van der Waals surface area contributed by atoms with Gasteiger partial charge in [0.2, 0.25) is 0 Å². The molecule has 1 N–H and O–H groups in total. The fourth-order valence-corrected chi connectivity index (χ4v) is 2.99. The molecule has 0 radical (unpaired) electrons. The Morgan fingerprint density at radius 3 is 2.67 bits per heavy atom. The number of fused-ring (bicyclic) bond motifs is 1. The number of nitrogens with one attached hydrogen (secondary N) is 1. The first-order valence-electron chi connectivity index (χ1n) is 8.99. The van der Waals surface area contributed by atoms with Gasteiger partial charge in [0.15, 0.2) is 6.10 Å². The quantitative estimate of drug-likeness (QED) is 0.682. The molecule has 0 spiro atoms. The molecule has 3 aromatic rings. The fourth-order valence-electron chi connectivity index (χ4n) is 2.99. The maximum atomic E-state index is 12.5. The predicted octanol–water partition coefficient (Wildman–Crippen LogP) is 4.38. The number of ether oxygens (including phenoxy) is 1. The number of aryl methyl sites for hydroxylation is 3. The second-order valence-corrected chi connectivity index (χ2v) is 6.68. The lowest BCUT2D eigenvalue weighted by Gasteiger charge is -2.18. The number of benzene rings is 2. The highest BCUT2D eigenvalue weighted by atomic mass is 16.5. The van der Waals surface area contributed by atoms with E-state index in [-0.39, 0.29) is 5.91 Å². The Morgan fingerprint density at radius 2 is 1.96 bits per heavy atom. The van der Waals surface area contributed by atoms with Crippen molar-refractivity contribution in [1.29, 1.82) is 0 Å². The van der Waals surface area contributed by atoms with Crippen LogP contribution in [0.15, 0.2) is 51.7 Å². The van der Waals surface area contributed by atoms with E-state index >= 15 is 0 Å². The van der Waals surface area contributed by atoms with Crippen molar-refractivity contribution < 1.29 is 13.9 Å². The largest absolute Gasteiger partial charge is 0.480 e. The first kappa shape index (κ1) is 18.7. The highest BCUT2D eigenvalue weighted by molar-refractivity contribution is 5.94. The van der Waals surface area contributed by atoms with Gasteiger partial charge in [-0.15, -0.1) is 0 Å². The van der Waals surface area contributed by atoms with Gasteiger partial charge in [0, 0.05) is 23.2 Å². The van der Waals surface area contributed by atoms with E-state index in [4.69, 9.17) is 9.15 Å². The lowest BCUT2D eigenvalue weighted by Crippen LogP contribution is -2.30. The molecule has 1 atom stereocenters. The number of carbonyl (C=O) groups is 1. The van der Waals surface area contributed by atoms with Crippen LogP contribution in [0.4, 0.5) is 5.69 Å². The Balaban J connectivity index is 1.86. The summed E-state index contributed by atoms with van der Waals surface area (Å²) in [5.41, 5.74) is 3.65. The standard InChI is InChI=1S/C22H23NO4/c1-5-16-11-18-14(3)10-21(24)27-20(18)12-19(16)26-15(4)22(25)23-17-8-6-7-13(2)9-17/h6-12,15H,5H2,1-4H3,(H,23,25). The number of anilines is 1. The third kappa shape index (κ3) is 4.19. The summed E-state index contributed by atoms with van der Waals surface area (Å²) >= 11 is 0. The zero-order valence-electron chi connectivity index (χ0n) is 16.0.